The van der Waals surface area contributed by atoms with Gasteiger partial charge >= 0.3 is 5.97 Å². The van der Waals surface area contributed by atoms with Crippen molar-refractivity contribution in [1.82, 2.24) is 9.88 Å². The Morgan fingerprint density at radius 2 is 1.79 bits per heavy atom. The Balaban J connectivity index is 1.64. The summed E-state index contributed by atoms with van der Waals surface area (Å²) in [6, 6.07) is 13.4. The van der Waals surface area contributed by atoms with Crippen LogP contribution in [-0.4, -0.2) is 47.1 Å². The highest BCUT2D eigenvalue weighted by molar-refractivity contribution is 6.30. The number of aromatic nitrogens is 1. The molecule has 1 N–H and O–H groups in total. The van der Waals surface area contributed by atoms with Gasteiger partial charge in [0.05, 0.1) is 0 Å². The summed E-state index contributed by atoms with van der Waals surface area (Å²) in [7, 11) is 0. The van der Waals surface area contributed by atoms with Gasteiger partial charge in [0.15, 0.2) is 5.69 Å². The molecule has 0 radical (unpaired) electrons. The van der Waals surface area contributed by atoms with Crippen molar-refractivity contribution >= 4 is 23.4 Å². The van der Waals surface area contributed by atoms with E-state index >= 15 is 0 Å². The Morgan fingerprint density at radius 3 is 2.42 bits per heavy atom. The molecule has 1 aromatic carbocycles. The maximum absolute atomic E-state index is 11.1. The average Bonchev–Trinajstić information content (AvgIpc) is 2.62. The standard InChI is InChI=1S/C18H20ClN3O2/c1-13(14-5-7-15(19)8-6-14)21-9-11-22(12-10-21)17-4-2-3-16(20-17)18(23)24/h2-8,13H,9-12H2,1H3,(H,23,24). The van der Waals surface area contributed by atoms with Gasteiger partial charge < -0.3 is 10.0 Å². The van der Waals surface area contributed by atoms with E-state index in [1.54, 1.807) is 6.07 Å². The van der Waals surface area contributed by atoms with Gasteiger partial charge in [0.25, 0.3) is 0 Å². The van der Waals surface area contributed by atoms with Gasteiger partial charge in [-0.25, -0.2) is 9.78 Å². The van der Waals surface area contributed by atoms with E-state index in [1.165, 1.54) is 11.6 Å². The minimum atomic E-state index is -0.994. The summed E-state index contributed by atoms with van der Waals surface area (Å²) in [5.74, 6) is -0.263. The first-order valence-corrected chi connectivity index (χ1v) is 8.37. The molecule has 1 unspecified atom stereocenters. The molecule has 1 saturated heterocycles. The van der Waals surface area contributed by atoms with E-state index in [0.29, 0.717) is 6.04 Å². The number of benzene rings is 1. The molecule has 0 aliphatic carbocycles. The van der Waals surface area contributed by atoms with E-state index in [4.69, 9.17) is 16.7 Å². The van der Waals surface area contributed by atoms with Gasteiger partial charge in [-0.15, -0.1) is 0 Å². The first-order valence-electron chi connectivity index (χ1n) is 7.99. The molecule has 6 heteroatoms. The van der Waals surface area contributed by atoms with Crippen molar-refractivity contribution < 1.29 is 9.90 Å². The zero-order valence-corrected chi connectivity index (χ0v) is 14.3. The van der Waals surface area contributed by atoms with Crippen LogP contribution in [0.15, 0.2) is 42.5 Å². The summed E-state index contributed by atoms with van der Waals surface area (Å²) >= 11 is 5.96. The minimum absolute atomic E-state index is 0.0875. The van der Waals surface area contributed by atoms with Crippen molar-refractivity contribution in [3.8, 4) is 0 Å². The van der Waals surface area contributed by atoms with Crippen LogP contribution in [0.25, 0.3) is 0 Å². The molecule has 126 valence electrons. The van der Waals surface area contributed by atoms with Crippen molar-refractivity contribution in [2.45, 2.75) is 13.0 Å². The third kappa shape index (κ3) is 3.68. The van der Waals surface area contributed by atoms with Gasteiger partial charge in [0, 0.05) is 37.2 Å². The monoisotopic (exact) mass is 345 g/mol. The molecule has 24 heavy (non-hydrogen) atoms. The number of rotatable bonds is 4. The Bertz CT molecular complexity index is 712. The first kappa shape index (κ1) is 16.7. The van der Waals surface area contributed by atoms with Gasteiger partial charge in [-0.3, -0.25) is 4.90 Å². The molecule has 3 rings (SSSR count). The molecule has 2 heterocycles. The van der Waals surface area contributed by atoms with Crippen LogP contribution in [0.3, 0.4) is 0 Å². The lowest BCUT2D eigenvalue weighted by atomic mass is 10.1. The highest BCUT2D eigenvalue weighted by Gasteiger charge is 2.23. The van der Waals surface area contributed by atoms with Gasteiger partial charge in [-0.1, -0.05) is 29.8 Å². The second-order valence-corrected chi connectivity index (χ2v) is 6.37. The van der Waals surface area contributed by atoms with Gasteiger partial charge in [0.1, 0.15) is 5.82 Å². The Kier molecular flexibility index (Phi) is 5.02. The van der Waals surface area contributed by atoms with E-state index in [1.807, 2.05) is 18.2 Å². The second kappa shape index (κ2) is 7.20. The van der Waals surface area contributed by atoms with Crippen LogP contribution >= 0.6 is 11.6 Å². The van der Waals surface area contributed by atoms with Crippen LogP contribution in [-0.2, 0) is 0 Å². The average molecular weight is 346 g/mol. The van der Waals surface area contributed by atoms with Crippen LogP contribution in [0.2, 0.25) is 5.02 Å². The summed E-state index contributed by atoms with van der Waals surface area (Å²) in [5.41, 5.74) is 1.34. The summed E-state index contributed by atoms with van der Waals surface area (Å²) in [6.45, 7) is 5.66. The number of aromatic carboxylic acids is 1. The fourth-order valence-electron chi connectivity index (χ4n) is 3.01. The molecule has 5 nitrogen and oxygen atoms in total. The smallest absolute Gasteiger partial charge is 0.354 e. The van der Waals surface area contributed by atoms with Gasteiger partial charge in [-0.05, 0) is 36.8 Å². The van der Waals surface area contributed by atoms with E-state index in [-0.39, 0.29) is 5.69 Å². The van der Waals surface area contributed by atoms with Crippen molar-refractivity contribution in [1.29, 1.82) is 0 Å². The predicted molar refractivity (Wildman–Crippen MR) is 94.8 cm³/mol. The number of carboxylic acid groups (broad SMARTS) is 1. The highest BCUT2D eigenvalue weighted by atomic mass is 35.5. The molecule has 0 amide bonds. The van der Waals surface area contributed by atoms with Crippen molar-refractivity contribution in [3.63, 3.8) is 0 Å². The van der Waals surface area contributed by atoms with E-state index in [2.05, 4.69) is 33.8 Å². The molecule has 1 atom stereocenters. The zero-order valence-electron chi connectivity index (χ0n) is 13.5. The molecule has 1 aliphatic heterocycles. The molecule has 1 fully saturated rings. The maximum atomic E-state index is 11.1. The largest absolute Gasteiger partial charge is 0.477 e. The Hall–Kier alpha value is -2.11. The number of anilines is 1. The van der Waals surface area contributed by atoms with Crippen molar-refractivity contribution in [3.05, 3.63) is 58.7 Å². The maximum Gasteiger partial charge on any atom is 0.354 e. The molecular weight excluding hydrogens is 326 g/mol. The molecular formula is C18H20ClN3O2. The third-order valence-electron chi connectivity index (χ3n) is 4.49. The molecule has 0 spiro atoms. The topological polar surface area (TPSA) is 56.7 Å². The summed E-state index contributed by atoms with van der Waals surface area (Å²) < 4.78 is 0. The number of hydrogen-bond acceptors (Lipinski definition) is 4. The second-order valence-electron chi connectivity index (χ2n) is 5.94. The molecule has 0 bridgehead atoms. The molecule has 1 aliphatic rings. The lowest BCUT2D eigenvalue weighted by Crippen LogP contribution is -2.47. The van der Waals surface area contributed by atoms with Crippen molar-refractivity contribution in [2.75, 3.05) is 31.1 Å². The summed E-state index contributed by atoms with van der Waals surface area (Å²) in [4.78, 5) is 19.8. The SMILES string of the molecule is CC(c1ccc(Cl)cc1)N1CCN(c2cccc(C(=O)O)n2)CC1. The number of hydrogen-bond donors (Lipinski definition) is 1. The lowest BCUT2D eigenvalue weighted by molar-refractivity contribution is 0.0690. The van der Waals surface area contributed by atoms with E-state index < -0.39 is 5.97 Å². The highest BCUT2D eigenvalue weighted by Crippen LogP contribution is 2.24. The Labute approximate surface area is 146 Å². The third-order valence-corrected chi connectivity index (χ3v) is 4.74. The van der Waals surface area contributed by atoms with Crippen LogP contribution in [0.5, 0.6) is 0 Å². The fraction of sp³-hybridized carbons (Fsp3) is 0.333. The molecule has 2 aromatic rings. The van der Waals surface area contributed by atoms with Crippen LogP contribution in [0.4, 0.5) is 5.82 Å². The summed E-state index contributed by atoms with van der Waals surface area (Å²) in [6.07, 6.45) is 0. The van der Waals surface area contributed by atoms with Crippen LogP contribution < -0.4 is 4.90 Å². The number of piperazine rings is 1. The van der Waals surface area contributed by atoms with Crippen LogP contribution in [0, 0.1) is 0 Å². The Morgan fingerprint density at radius 1 is 1.12 bits per heavy atom. The number of halogens is 1. The van der Waals surface area contributed by atoms with E-state index in [0.717, 1.165) is 37.0 Å². The predicted octanol–water partition coefficient (Wildman–Crippen LogP) is 3.32. The van der Waals surface area contributed by atoms with Gasteiger partial charge in [-0.2, -0.15) is 0 Å². The quantitative estimate of drug-likeness (QED) is 0.921. The van der Waals surface area contributed by atoms with E-state index in [9.17, 15) is 4.79 Å². The molecule has 1 aromatic heterocycles. The molecule has 0 saturated carbocycles. The summed E-state index contributed by atoms with van der Waals surface area (Å²) in [5, 5.41) is 9.82. The number of carbonyl (C=O) groups is 1. The first-order chi connectivity index (χ1) is 11.5. The normalized spacial score (nSPS) is 16.8. The number of carboxylic acids is 1. The number of pyridine rings is 1. The van der Waals surface area contributed by atoms with Crippen LogP contribution in [0.1, 0.15) is 29.0 Å². The lowest BCUT2D eigenvalue weighted by Gasteiger charge is -2.38. The fourth-order valence-corrected chi connectivity index (χ4v) is 3.13. The minimum Gasteiger partial charge on any atom is -0.477 e. The van der Waals surface area contributed by atoms with Crippen molar-refractivity contribution in [2.24, 2.45) is 0 Å². The van der Waals surface area contributed by atoms with Gasteiger partial charge in [0.2, 0.25) is 0 Å². The zero-order chi connectivity index (χ0) is 17.1. The number of nitrogens with zero attached hydrogens (tertiary/aromatic N) is 3.